The van der Waals surface area contributed by atoms with Crippen LogP contribution in [0.15, 0.2) is 59.8 Å². The topological polar surface area (TPSA) is 9.23 Å². The first-order chi connectivity index (χ1) is 10.8. The summed E-state index contributed by atoms with van der Waals surface area (Å²) in [6, 6.07) is 0. The minimum atomic E-state index is -0.205. The SMILES string of the molecule is C=CC(C)=CC=CC(C)(CCC=C(C)CCC=C(C)C)OCC. The summed E-state index contributed by atoms with van der Waals surface area (Å²) in [6.45, 7) is 17.3. The van der Waals surface area contributed by atoms with Gasteiger partial charge in [-0.3, -0.25) is 0 Å². The van der Waals surface area contributed by atoms with E-state index < -0.39 is 0 Å². The Hall–Kier alpha value is -1.34. The van der Waals surface area contributed by atoms with Crippen LogP contribution in [0.3, 0.4) is 0 Å². The lowest BCUT2D eigenvalue weighted by atomic mass is 9.97. The van der Waals surface area contributed by atoms with Gasteiger partial charge in [0.15, 0.2) is 0 Å². The summed E-state index contributed by atoms with van der Waals surface area (Å²) in [5.41, 5.74) is 3.82. The maximum atomic E-state index is 5.96. The minimum absolute atomic E-state index is 0.205. The lowest BCUT2D eigenvalue weighted by molar-refractivity contribution is 0.00815. The summed E-state index contributed by atoms with van der Waals surface area (Å²) in [4.78, 5) is 0. The molecule has 0 fully saturated rings. The molecule has 0 rings (SSSR count). The van der Waals surface area contributed by atoms with Crippen molar-refractivity contribution in [2.24, 2.45) is 0 Å². The molecule has 0 saturated heterocycles. The Balaban J connectivity index is 4.57. The van der Waals surface area contributed by atoms with Gasteiger partial charge < -0.3 is 4.74 Å². The molecule has 0 aliphatic rings. The summed E-state index contributed by atoms with van der Waals surface area (Å²) < 4.78 is 5.96. The maximum Gasteiger partial charge on any atom is 0.0840 e. The fourth-order valence-corrected chi connectivity index (χ4v) is 2.30. The van der Waals surface area contributed by atoms with Crippen molar-refractivity contribution < 1.29 is 4.74 Å². The second kappa shape index (κ2) is 12.1. The van der Waals surface area contributed by atoms with Crippen LogP contribution in [0.4, 0.5) is 0 Å². The largest absolute Gasteiger partial charge is 0.371 e. The van der Waals surface area contributed by atoms with Gasteiger partial charge in [-0.05, 0) is 67.2 Å². The smallest absolute Gasteiger partial charge is 0.0840 e. The first-order valence-electron chi connectivity index (χ1n) is 8.74. The lowest BCUT2D eigenvalue weighted by Gasteiger charge is -2.25. The Kier molecular flexibility index (Phi) is 11.4. The summed E-state index contributed by atoms with van der Waals surface area (Å²) in [7, 11) is 0. The van der Waals surface area contributed by atoms with Crippen molar-refractivity contribution in [1.29, 1.82) is 0 Å². The Bertz CT molecular complexity index is 458. The number of allylic oxidation sites excluding steroid dienone is 8. The van der Waals surface area contributed by atoms with E-state index in [4.69, 9.17) is 4.74 Å². The van der Waals surface area contributed by atoms with Gasteiger partial charge >= 0.3 is 0 Å². The highest BCUT2D eigenvalue weighted by Crippen LogP contribution is 2.21. The molecule has 0 aromatic carbocycles. The second-order valence-electron chi connectivity index (χ2n) is 6.63. The Morgan fingerprint density at radius 3 is 2.35 bits per heavy atom. The Morgan fingerprint density at radius 2 is 1.78 bits per heavy atom. The zero-order valence-corrected chi connectivity index (χ0v) is 16.1. The normalized spacial score (nSPS) is 15.6. The van der Waals surface area contributed by atoms with E-state index in [9.17, 15) is 0 Å². The monoisotopic (exact) mass is 316 g/mol. The van der Waals surface area contributed by atoms with Crippen molar-refractivity contribution >= 4 is 0 Å². The summed E-state index contributed by atoms with van der Waals surface area (Å²) in [6.07, 6.45) is 17.2. The van der Waals surface area contributed by atoms with Crippen LogP contribution in [0.5, 0.6) is 0 Å². The predicted octanol–water partition coefficient (Wildman–Crippen LogP) is 6.94. The quantitative estimate of drug-likeness (QED) is 0.296. The van der Waals surface area contributed by atoms with E-state index in [1.165, 1.54) is 11.1 Å². The molecule has 0 aromatic heterocycles. The van der Waals surface area contributed by atoms with Gasteiger partial charge in [-0.25, -0.2) is 0 Å². The molecule has 0 saturated carbocycles. The molecule has 0 amide bonds. The molecule has 130 valence electrons. The van der Waals surface area contributed by atoms with E-state index in [1.807, 2.05) is 13.0 Å². The average molecular weight is 317 g/mol. The first kappa shape index (κ1) is 21.7. The lowest BCUT2D eigenvalue weighted by Crippen LogP contribution is -2.25. The standard InChI is InChI=1S/C22H36O/c1-8-20(5)15-11-17-22(7,23-9-2)18-12-16-21(6)14-10-13-19(3)4/h8,11,13,15-17H,1,9-10,12,14,18H2,2-7H3. The second-order valence-corrected chi connectivity index (χ2v) is 6.63. The number of hydrogen-bond donors (Lipinski definition) is 0. The van der Waals surface area contributed by atoms with Crippen molar-refractivity contribution in [3.05, 3.63) is 59.8 Å². The van der Waals surface area contributed by atoms with Gasteiger partial charge in [0.1, 0.15) is 0 Å². The molecule has 1 nitrogen and oxygen atoms in total. The van der Waals surface area contributed by atoms with Crippen LogP contribution in [0.25, 0.3) is 0 Å². The van der Waals surface area contributed by atoms with Crippen LogP contribution >= 0.6 is 0 Å². The van der Waals surface area contributed by atoms with Crippen LogP contribution in [0.1, 0.15) is 67.2 Å². The van der Waals surface area contributed by atoms with Gasteiger partial charge in [0.2, 0.25) is 0 Å². The molecule has 0 aromatic rings. The van der Waals surface area contributed by atoms with E-state index in [1.54, 1.807) is 0 Å². The summed E-state index contributed by atoms with van der Waals surface area (Å²) >= 11 is 0. The van der Waals surface area contributed by atoms with Crippen LogP contribution in [0.2, 0.25) is 0 Å². The van der Waals surface area contributed by atoms with Crippen molar-refractivity contribution in [3.63, 3.8) is 0 Å². The van der Waals surface area contributed by atoms with Crippen molar-refractivity contribution in [1.82, 2.24) is 0 Å². The van der Waals surface area contributed by atoms with Crippen LogP contribution < -0.4 is 0 Å². The summed E-state index contributed by atoms with van der Waals surface area (Å²) in [5.74, 6) is 0. The van der Waals surface area contributed by atoms with Crippen LogP contribution in [0, 0.1) is 0 Å². The molecule has 1 unspecified atom stereocenters. The van der Waals surface area contributed by atoms with Gasteiger partial charge in [-0.2, -0.15) is 0 Å². The third-order valence-electron chi connectivity index (χ3n) is 3.83. The van der Waals surface area contributed by atoms with Gasteiger partial charge in [0.05, 0.1) is 5.60 Å². The zero-order chi connectivity index (χ0) is 17.7. The highest BCUT2D eigenvalue weighted by atomic mass is 16.5. The Labute approximate surface area is 144 Å². The molecule has 0 bridgehead atoms. The highest BCUT2D eigenvalue weighted by molar-refractivity contribution is 5.21. The molecule has 1 atom stereocenters. The van der Waals surface area contributed by atoms with Gasteiger partial charge in [0.25, 0.3) is 0 Å². The molecule has 0 aliphatic heterocycles. The van der Waals surface area contributed by atoms with Gasteiger partial charge in [0, 0.05) is 6.61 Å². The molecular weight excluding hydrogens is 280 g/mol. The van der Waals surface area contributed by atoms with Crippen molar-refractivity contribution in [3.8, 4) is 0 Å². The molecule has 0 heterocycles. The first-order valence-corrected chi connectivity index (χ1v) is 8.74. The molecule has 0 spiro atoms. The molecule has 1 heteroatoms. The number of hydrogen-bond acceptors (Lipinski definition) is 1. The molecule has 0 N–H and O–H groups in total. The third kappa shape index (κ3) is 11.8. The maximum absolute atomic E-state index is 5.96. The predicted molar refractivity (Wildman–Crippen MR) is 105 cm³/mol. The highest BCUT2D eigenvalue weighted by Gasteiger charge is 2.19. The van der Waals surface area contributed by atoms with Crippen LogP contribution in [-0.4, -0.2) is 12.2 Å². The fraction of sp³-hybridized carbons (Fsp3) is 0.545. The van der Waals surface area contributed by atoms with E-state index in [0.29, 0.717) is 0 Å². The van der Waals surface area contributed by atoms with Crippen LogP contribution in [-0.2, 0) is 4.74 Å². The van der Waals surface area contributed by atoms with E-state index >= 15 is 0 Å². The van der Waals surface area contributed by atoms with Gasteiger partial charge in [-0.1, -0.05) is 59.8 Å². The minimum Gasteiger partial charge on any atom is -0.371 e. The average Bonchev–Trinajstić information content (AvgIpc) is 2.46. The van der Waals surface area contributed by atoms with E-state index in [0.717, 1.165) is 37.9 Å². The molecule has 0 radical (unpaired) electrons. The zero-order valence-electron chi connectivity index (χ0n) is 16.1. The molecule has 0 aliphatic carbocycles. The fourth-order valence-electron chi connectivity index (χ4n) is 2.30. The van der Waals surface area contributed by atoms with E-state index in [-0.39, 0.29) is 5.60 Å². The third-order valence-corrected chi connectivity index (χ3v) is 3.83. The van der Waals surface area contributed by atoms with E-state index in [2.05, 4.69) is 71.6 Å². The number of ether oxygens (including phenoxy) is 1. The van der Waals surface area contributed by atoms with Gasteiger partial charge in [-0.15, -0.1) is 0 Å². The summed E-state index contributed by atoms with van der Waals surface area (Å²) in [5, 5.41) is 0. The Morgan fingerprint density at radius 1 is 1.09 bits per heavy atom. The number of rotatable bonds is 11. The van der Waals surface area contributed by atoms with Crippen molar-refractivity contribution in [2.75, 3.05) is 6.61 Å². The molecule has 23 heavy (non-hydrogen) atoms. The molecular formula is C22H36O. The van der Waals surface area contributed by atoms with Crippen molar-refractivity contribution in [2.45, 2.75) is 72.8 Å².